The third-order valence-electron chi connectivity index (χ3n) is 6.71. The maximum atomic E-state index is 13.9. The zero-order valence-electron chi connectivity index (χ0n) is 22.8. The normalized spacial score (nSPS) is 12.3. The van der Waals surface area contributed by atoms with Crippen LogP contribution in [-0.4, -0.2) is 15.5 Å². The van der Waals surface area contributed by atoms with Crippen molar-refractivity contribution in [1.29, 1.82) is 0 Å². The van der Waals surface area contributed by atoms with E-state index < -0.39 is 34.5 Å². The minimum Gasteiger partial charge on any atom is -0.294 e. The summed E-state index contributed by atoms with van der Waals surface area (Å²) in [4.78, 5) is 45.0. The van der Waals surface area contributed by atoms with E-state index in [0.717, 1.165) is 23.8 Å². The van der Waals surface area contributed by atoms with Crippen LogP contribution in [0.2, 0.25) is 0 Å². The van der Waals surface area contributed by atoms with Gasteiger partial charge in [-0.25, -0.2) is 24.1 Å². The lowest BCUT2D eigenvalue weighted by molar-refractivity contribution is -0.118. The van der Waals surface area contributed by atoms with Crippen molar-refractivity contribution in [3.8, 4) is 5.69 Å². The average molecular weight is 569 g/mol. The van der Waals surface area contributed by atoms with E-state index in [2.05, 4.69) is 10.2 Å². The largest absolute Gasteiger partial charge is 0.294 e. The molecule has 0 saturated heterocycles. The summed E-state index contributed by atoms with van der Waals surface area (Å²) in [6.45, 7) is 3.25. The van der Waals surface area contributed by atoms with E-state index in [1.165, 1.54) is 35.0 Å². The number of halogens is 3. The lowest BCUT2D eigenvalue weighted by atomic mass is 9.89. The van der Waals surface area contributed by atoms with Crippen LogP contribution >= 0.6 is 0 Å². The molecular formula is C30H31F3N4O4. The van der Waals surface area contributed by atoms with E-state index >= 15 is 0 Å². The first-order valence-corrected chi connectivity index (χ1v) is 13.0. The molecule has 1 amide bonds. The predicted octanol–water partition coefficient (Wildman–Crippen LogP) is 5.83. The standard InChI is InChI=1S/C30H31F3N4O4/c1-20-7-8-21(13-15-30(2,41-34)22-17-24(32)19-25(33)18-22)14-16-35-27(5-3-4-6-28(38)36-40)37(29(20)39)26-11-9-23(31)10-12-26/h7-12,14,16-19H,3-6,13,15,34H2,1-2H3. The van der Waals surface area contributed by atoms with Crippen molar-refractivity contribution < 1.29 is 22.8 Å². The number of carbonyl (C=O) groups is 1. The highest BCUT2D eigenvalue weighted by molar-refractivity contribution is 5.76. The van der Waals surface area contributed by atoms with Gasteiger partial charge in [-0.05, 0) is 93.1 Å². The molecule has 3 rings (SSSR count). The van der Waals surface area contributed by atoms with E-state index in [1.807, 2.05) is 0 Å². The van der Waals surface area contributed by atoms with E-state index in [9.17, 15) is 27.7 Å². The SMILES string of the molecule is Cc1ccc(CCC(C)(ON)c2cc(F)cc(F)c2)ccnc(CCCCC(=O)N=O)n(-c2ccc(F)cc2)c1=O. The summed E-state index contributed by atoms with van der Waals surface area (Å²) >= 11 is 0. The zero-order chi connectivity index (χ0) is 30.0. The van der Waals surface area contributed by atoms with Gasteiger partial charge in [0.15, 0.2) is 0 Å². The van der Waals surface area contributed by atoms with Crippen LogP contribution in [0.25, 0.3) is 5.69 Å². The quantitative estimate of drug-likeness (QED) is 0.177. The highest BCUT2D eigenvalue weighted by Gasteiger charge is 2.28. The fourth-order valence-corrected chi connectivity index (χ4v) is 4.25. The molecule has 216 valence electrons. The van der Waals surface area contributed by atoms with Gasteiger partial charge in [0.1, 0.15) is 28.9 Å². The summed E-state index contributed by atoms with van der Waals surface area (Å²) in [5.41, 5.74) is 0.145. The van der Waals surface area contributed by atoms with Crippen LogP contribution in [0.15, 0.2) is 76.8 Å². The number of nitrogens with two attached hydrogens (primary N) is 1. The van der Waals surface area contributed by atoms with E-state index in [-0.39, 0.29) is 24.8 Å². The van der Waals surface area contributed by atoms with Crippen molar-refractivity contribution in [2.45, 2.75) is 58.0 Å². The van der Waals surface area contributed by atoms with Gasteiger partial charge in [0, 0.05) is 35.8 Å². The van der Waals surface area contributed by atoms with Gasteiger partial charge in [0.05, 0.1) is 5.69 Å². The topological polar surface area (TPSA) is 117 Å². The van der Waals surface area contributed by atoms with Crippen LogP contribution in [0.4, 0.5) is 13.2 Å². The summed E-state index contributed by atoms with van der Waals surface area (Å²) in [6.07, 6.45) is 3.16. The number of rotatable bonds is 11. The Kier molecular flexibility index (Phi) is 11.0. The van der Waals surface area contributed by atoms with Gasteiger partial charge < -0.3 is 0 Å². The summed E-state index contributed by atoms with van der Waals surface area (Å²) in [6, 6.07) is 13.6. The van der Waals surface area contributed by atoms with Crippen molar-refractivity contribution >= 4 is 5.91 Å². The highest BCUT2D eigenvalue weighted by Crippen LogP contribution is 2.30. The number of aryl methyl sites for hydroxylation is 3. The third-order valence-corrected chi connectivity index (χ3v) is 6.71. The Morgan fingerprint density at radius 3 is 2.29 bits per heavy atom. The van der Waals surface area contributed by atoms with Crippen LogP contribution in [0.3, 0.4) is 0 Å². The zero-order valence-corrected chi connectivity index (χ0v) is 22.8. The van der Waals surface area contributed by atoms with Crippen LogP contribution in [-0.2, 0) is 28.1 Å². The van der Waals surface area contributed by atoms with Crippen molar-refractivity contribution in [3.05, 3.63) is 122 Å². The number of hydrogen-bond donors (Lipinski definition) is 1. The molecule has 8 nitrogen and oxygen atoms in total. The van der Waals surface area contributed by atoms with E-state index in [4.69, 9.17) is 10.7 Å². The van der Waals surface area contributed by atoms with Crippen LogP contribution in [0, 0.1) is 29.3 Å². The number of carbonyl (C=O) groups excluding carboxylic acids is 1. The van der Waals surface area contributed by atoms with Crippen molar-refractivity contribution in [3.63, 3.8) is 0 Å². The Bertz CT molecular complexity index is 1490. The highest BCUT2D eigenvalue weighted by atomic mass is 19.1. The Morgan fingerprint density at radius 1 is 0.976 bits per heavy atom. The maximum absolute atomic E-state index is 13.9. The monoisotopic (exact) mass is 568 g/mol. The van der Waals surface area contributed by atoms with Crippen molar-refractivity contribution in [2.24, 2.45) is 11.1 Å². The number of hydrogen-bond acceptors (Lipinski definition) is 6. The summed E-state index contributed by atoms with van der Waals surface area (Å²) in [7, 11) is 0. The van der Waals surface area contributed by atoms with Gasteiger partial charge in [-0.1, -0.05) is 12.1 Å². The summed E-state index contributed by atoms with van der Waals surface area (Å²) in [5.74, 6) is 3.17. The first-order chi connectivity index (χ1) is 19.6. The Hall–Kier alpha value is -4.22. The average Bonchev–Trinajstić information content (AvgIpc) is 2.95. The van der Waals surface area contributed by atoms with Gasteiger partial charge in [0.25, 0.3) is 11.5 Å². The first-order valence-electron chi connectivity index (χ1n) is 13.0. The lowest BCUT2D eigenvalue weighted by Gasteiger charge is -2.27. The van der Waals surface area contributed by atoms with Gasteiger partial charge in [0.2, 0.25) is 0 Å². The van der Waals surface area contributed by atoms with E-state index in [0.29, 0.717) is 36.3 Å². The molecule has 0 spiro atoms. The maximum Gasteiger partial charge on any atom is 0.286 e. The number of benzene rings is 2. The number of unbranched alkanes of at least 4 members (excludes halogenated alkanes) is 1. The predicted molar refractivity (Wildman–Crippen MR) is 148 cm³/mol. The molecule has 1 unspecified atom stereocenters. The number of aromatic nitrogens is 2. The molecule has 0 saturated carbocycles. The second kappa shape index (κ2) is 14.4. The van der Waals surface area contributed by atoms with Gasteiger partial charge >= 0.3 is 0 Å². The second-order valence-corrected chi connectivity index (χ2v) is 9.77. The van der Waals surface area contributed by atoms with E-state index in [1.54, 1.807) is 32.0 Å². The molecule has 2 aromatic carbocycles. The fraction of sp³-hybridized carbons (Fsp3) is 0.300. The molecular weight excluding hydrogens is 537 g/mol. The van der Waals surface area contributed by atoms with Gasteiger partial charge in [-0.2, -0.15) is 0 Å². The smallest absolute Gasteiger partial charge is 0.286 e. The fourth-order valence-electron chi connectivity index (χ4n) is 4.25. The molecule has 1 aromatic heterocycles. The minimum absolute atomic E-state index is 0.0277. The lowest BCUT2D eigenvalue weighted by Crippen LogP contribution is -2.30. The first kappa shape index (κ1) is 31.3. The molecule has 11 heteroatoms. The molecule has 0 aliphatic heterocycles. The Balaban J connectivity index is 2.02. The van der Waals surface area contributed by atoms with Crippen LogP contribution in [0.5, 0.6) is 0 Å². The molecule has 1 heterocycles. The molecule has 1 atom stereocenters. The molecule has 2 N–H and O–H groups in total. The Morgan fingerprint density at radius 2 is 1.66 bits per heavy atom. The molecule has 3 aromatic rings. The molecule has 0 aliphatic carbocycles. The summed E-state index contributed by atoms with van der Waals surface area (Å²) in [5, 5.41) is 2.39. The molecule has 41 heavy (non-hydrogen) atoms. The van der Waals surface area contributed by atoms with Crippen molar-refractivity contribution in [1.82, 2.24) is 9.55 Å². The molecule has 0 aliphatic rings. The van der Waals surface area contributed by atoms with Crippen LogP contribution < -0.4 is 11.5 Å². The molecule has 0 radical (unpaired) electrons. The second-order valence-electron chi connectivity index (χ2n) is 9.77. The van der Waals surface area contributed by atoms with Gasteiger partial charge in [-0.15, -0.1) is 4.91 Å². The number of amides is 1. The molecule has 0 bridgehead atoms. The Labute approximate surface area is 235 Å². The molecule has 0 fully saturated rings. The van der Waals surface area contributed by atoms with Crippen molar-refractivity contribution in [2.75, 3.05) is 0 Å². The van der Waals surface area contributed by atoms with Gasteiger partial charge in [-0.3, -0.25) is 19.0 Å². The third kappa shape index (κ3) is 8.63. The summed E-state index contributed by atoms with van der Waals surface area (Å²) < 4.78 is 42.7. The number of nitroso groups, excluding NO2 is 1. The number of nitrogens with zero attached hydrogens (tertiary/aromatic N) is 3. The van der Waals surface area contributed by atoms with Crippen LogP contribution in [0.1, 0.15) is 55.1 Å². The minimum atomic E-state index is -1.21.